The summed E-state index contributed by atoms with van der Waals surface area (Å²) in [6.45, 7) is 3.88. The van der Waals surface area contributed by atoms with Gasteiger partial charge in [-0.25, -0.2) is 17.9 Å². The Kier molecular flexibility index (Phi) is 6.49. The molecule has 0 aliphatic rings. The maximum absolute atomic E-state index is 12.1. The molecule has 2 aromatic rings. The summed E-state index contributed by atoms with van der Waals surface area (Å²) in [5.74, 6) is 0. The molecular weight excluding hydrogens is 340 g/mol. The topological polar surface area (TPSA) is 100 Å². The summed E-state index contributed by atoms with van der Waals surface area (Å²) in [5, 5.41) is 5.49. The Morgan fingerprint density at radius 2 is 1.92 bits per heavy atom. The summed E-state index contributed by atoms with van der Waals surface area (Å²) >= 11 is 0. The van der Waals surface area contributed by atoms with Crippen molar-refractivity contribution in [3.8, 4) is 0 Å². The van der Waals surface area contributed by atoms with E-state index >= 15 is 0 Å². The summed E-state index contributed by atoms with van der Waals surface area (Å²) in [5.41, 5.74) is 1.46. The van der Waals surface area contributed by atoms with Gasteiger partial charge in [0.05, 0.1) is 4.90 Å². The van der Waals surface area contributed by atoms with Crippen LogP contribution in [-0.2, 0) is 10.0 Å². The Labute approximate surface area is 147 Å². The number of benzene rings is 1. The minimum atomic E-state index is -3.52. The summed E-state index contributed by atoms with van der Waals surface area (Å²) < 4.78 is 26.7. The summed E-state index contributed by atoms with van der Waals surface area (Å²) in [4.78, 5) is 16.2. The number of rotatable bonds is 7. The fourth-order valence-electron chi connectivity index (χ4n) is 2.18. The number of aromatic nitrogens is 1. The number of nitrogens with zero attached hydrogens (tertiary/aromatic N) is 1. The highest BCUT2D eigenvalue weighted by Gasteiger charge is 2.14. The zero-order chi connectivity index (χ0) is 18.3. The van der Waals surface area contributed by atoms with E-state index in [0.717, 1.165) is 5.69 Å². The molecule has 1 atom stereocenters. The quantitative estimate of drug-likeness (QED) is 0.703. The van der Waals surface area contributed by atoms with Crippen LogP contribution < -0.4 is 15.4 Å². The molecule has 0 fully saturated rings. The van der Waals surface area contributed by atoms with Crippen molar-refractivity contribution in [3.63, 3.8) is 0 Å². The van der Waals surface area contributed by atoms with E-state index < -0.39 is 10.0 Å². The lowest BCUT2D eigenvalue weighted by Crippen LogP contribution is -2.38. The number of urea groups is 1. The van der Waals surface area contributed by atoms with Crippen molar-refractivity contribution in [2.45, 2.75) is 31.2 Å². The van der Waals surface area contributed by atoms with Crippen molar-refractivity contribution in [3.05, 3.63) is 54.4 Å². The molecule has 0 aliphatic carbocycles. The standard InChI is InChI=1S/C17H22N4O3S/c1-13(20-17(22)21-15-9-10-18-14(2)12-15)8-11-19-25(23,24)16-6-4-3-5-7-16/h3-7,9-10,12-13,19H,8,11H2,1-2H3,(H2,18,20,21,22). The molecule has 0 saturated heterocycles. The van der Waals surface area contributed by atoms with Crippen LogP contribution in [0.4, 0.5) is 10.5 Å². The first kappa shape index (κ1) is 18.9. The van der Waals surface area contributed by atoms with E-state index in [1.807, 2.05) is 13.8 Å². The Balaban J connectivity index is 1.77. The molecule has 1 unspecified atom stereocenters. The zero-order valence-corrected chi connectivity index (χ0v) is 15.0. The van der Waals surface area contributed by atoms with Gasteiger partial charge in [-0.05, 0) is 44.5 Å². The number of amides is 2. The molecule has 8 heteroatoms. The van der Waals surface area contributed by atoms with Crippen molar-refractivity contribution in [2.75, 3.05) is 11.9 Å². The summed E-state index contributed by atoms with van der Waals surface area (Å²) in [7, 11) is -3.52. The van der Waals surface area contributed by atoms with E-state index in [1.54, 1.807) is 36.5 Å². The fraction of sp³-hybridized carbons (Fsp3) is 0.294. The second kappa shape index (κ2) is 8.59. The Hall–Kier alpha value is -2.45. The minimum absolute atomic E-state index is 0.193. The Bertz CT molecular complexity index is 810. The van der Waals surface area contributed by atoms with Crippen molar-refractivity contribution in [1.82, 2.24) is 15.0 Å². The normalized spacial score (nSPS) is 12.4. The van der Waals surface area contributed by atoms with E-state index in [0.29, 0.717) is 12.1 Å². The second-order valence-corrected chi connectivity index (χ2v) is 7.45. The smallest absolute Gasteiger partial charge is 0.319 e. The van der Waals surface area contributed by atoms with Crippen molar-refractivity contribution in [1.29, 1.82) is 0 Å². The van der Waals surface area contributed by atoms with Crippen molar-refractivity contribution < 1.29 is 13.2 Å². The Morgan fingerprint density at radius 1 is 1.20 bits per heavy atom. The molecule has 25 heavy (non-hydrogen) atoms. The van der Waals surface area contributed by atoms with E-state index in [-0.39, 0.29) is 23.5 Å². The van der Waals surface area contributed by atoms with Gasteiger partial charge in [0.1, 0.15) is 0 Å². The van der Waals surface area contributed by atoms with Gasteiger partial charge in [0.25, 0.3) is 0 Å². The maximum atomic E-state index is 12.1. The number of aryl methyl sites for hydroxylation is 1. The number of carbonyl (C=O) groups is 1. The predicted octanol–water partition coefficient (Wildman–Crippen LogP) is 2.27. The van der Waals surface area contributed by atoms with Crippen LogP contribution in [0.15, 0.2) is 53.6 Å². The SMILES string of the molecule is Cc1cc(NC(=O)NC(C)CCNS(=O)(=O)c2ccccc2)ccn1. The number of anilines is 1. The third-order valence-corrected chi connectivity index (χ3v) is 4.93. The zero-order valence-electron chi connectivity index (χ0n) is 14.2. The van der Waals surface area contributed by atoms with Gasteiger partial charge in [-0.2, -0.15) is 0 Å². The van der Waals surface area contributed by atoms with Crippen LogP contribution in [0.25, 0.3) is 0 Å². The first-order valence-electron chi connectivity index (χ1n) is 7.92. The van der Waals surface area contributed by atoms with E-state index in [9.17, 15) is 13.2 Å². The second-order valence-electron chi connectivity index (χ2n) is 5.68. The number of hydrogen-bond acceptors (Lipinski definition) is 4. The molecule has 1 aromatic heterocycles. The summed E-state index contributed by atoms with van der Waals surface area (Å²) in [6.07, 6.45) is 2.08. The molecule has 0 aliphatic heterocycles. The molecule has 7 nitrogen and oxygen atoms in total. The molecule has 1 aromatic carbocycles. The number of sulfonamides is 1. The molecule has 2 amide bonds. The summed E-state index contributed by atoms with van der Waals surface area (Å²) in [6, 6.07) is 11.1. The third-order valence-electron chi connectivity index (χ3n) is 3.45. The molecule has 2 rings (SSSR count). The van der Waals surface area contributed by atoms with Crippen LogP contribution in [0.3, 0.4) is 0 Å². The molecule has 0 bridgehead atoms. The van der Waals surface area contributed by atoms with Crippen LogP contribution in [0.2, 0.25) is 0 Å². The van der Waals surface area contributed by atoms with Crippen LogP contribution in [0, 0.1) is 6.92 Å². The van der Waals surface area contributed by atoms with E-state index in [4.69, 9.17) is 0 Å². The van der Waals surface area contributed by atoms with Crippen LogP contribution in [0.5, 0.6) is 0 Å². The predicted molar refractivity (Wildman–Crippen MR) is 96.8 cm³/mol. The van der Waals surface area contributed by atoms with Gasteiger partial charge in [0.2, 0.25) is 10.0 Å². The van der Waals surface area contributed by atoms with Gasteiger partial charge in [-0.15, -0.1) is 0 Å². The van der Waals surface area contributed by atoms with Crippen molar-refractivity contribution in [2.24, 2.45) is 0 Å². The van der Waals surface area contributed by atoms with Gasteiger partial charge in [0.15, 0.2) is 0 Å². The lowest BCUT2D eigenvalue weighted by molar-refractivity contribution is 0.248. The van der Waals surface area contributed by atoms with Crippen molar-refractivity contribution >= 4 is 21.7 Å². The van der Waals surface area contributed by atoms with Gasteiger partial charge in [-0.3, -0.25) is 4.98 Å². The maximum Gasteiger partial charge on any atom is 0.319 e. The first-order chi connectivity index (χ1) is 11.9. The highest BCUT2D eigenvalue weighted by molar-refractivity contribution is 7.89. The van der Waals surface area contributed by atoms with Crippen LogP contribution in [0.1, 0.15) is 19.0 Å². The largest absolute Gasteiger partial charge is 0.335 e. The lowest BCUT2D eigenvalue weighted by atomic mass is 10.2. The monoisotopic (exact) mass is 362 g/mol. The highest BCUT2D eigenvalue weighted by Crippen LogP contribution is 2.08. The molecule has 3 N–H and O–H groups in total. The van der Waals surface area contributed by atoms with E-state index in [1.165, 1.54) is 12.1 Å². The lowest BCUT2D eigenvalue weighted by Gasteiger charge is -2.15. The molecule has 0 radical (unpaired) electrons. The van der Waals surface area contributed by atoms with Crippen LogP contribution in [-0.4, -0.2) is 32.0 Å². The molecule has 134 valence electrons. The number of carbonyl (C=O) groups excluding carboxylic acids is 1. The van der Waals surface area contributed by atoms with Crippen LogP contribution >= 0.6 is 0 Å². The number of pyridine rings is 1. The molecule has 1 heterocycles. The van der Waals surface area contributed by atoms with Gasteiger partial charge < -0.3 is 10.6 Å². The minimum Gasteiger partial charge on any atom is -0.335 e. The van der Waals surface area contributed by atoms with Gasteiger partial charge >= 0.3 is 6.03 Å². The van der Waals surface area contributed by atoms with Gasteiger partial charge in [0, 0.05) is 30.2 Å². The highest BCUT2D eigenvalue weighted by atomic mass is 32.2. The Morgan fingerprint density at radius 3 is 2.60 bits per heavy atom. The molecule has 0 spiro atoms. The van der Waals surface area contributed by atoms with E-state index in [2.05, 4.69) is 20.3 Å². The average Bonchev–Trinajstić information content (AvgIpc) is 2.55. The van der Waals surface area contributed by atoms with Gasteiger partial charge in [-0.1, -0.05) is 18.2 Å². The third kappa shape index (κ3) is 6.17. The number of nitrogens with one attached hydrogen (secondary N) is 3. The molecular formula is C17H22N4O3S. The average molecular weight is 362 g/mol. The first-order valence-corrected chi connectivity index (χ1v) is 9.40. The fourth-order valence-corrected chi connectivity index (χ4v) is 3.25. The molecule has 0 saturated carbocycles. The number of hydrogen-bond donors (Lipinski definition) is 3.